The normalized spacial score (nSPS) is 17.6. The van der Waals surface area contributed by atoms with Gasteiger partial charge in [0.05, 0.1) is 6.10 Å². The summed E-state index contributed by atoms with van der Waals surface area (Å²) in [6.07, 6.45) is 57.7. The number of amides is 2. The van der Waals surface area contributed by atoms with Crippen LogP contribution in [0.15, 0.2) is 0 Å². The highest BCUT2D eigenvalue weighted by molar-refractivity contribution is 5.76. The maximum absolute atomic E-state index is 13.5. The van der Waals surface area contributed by atoms with Crippen molar-refractivity contribution >= 4 is 11.8 Å². The fourth-order valence-electron chi connectivity index (χ4n) is 11.8. The molecule has 0 spiro atoms. The maximum atomic E-state index is 13.5. The lowest BCUT2D eigenvalue weighted by Gasteiger charge is -2.25. The van der Waals surface area contributed by atoms with Crippen molar-refractivity contribution < 1.29 is 14.7 Å². The van der Waals surface area contributed by atoms with Gasteiger partial charge in [-0.3, -0.25) is 14.5 Å². The van der Waals surface area contributed by atoms with Crippen molar-refractivity contribution in [3.8, 4) is 0 Å². The number of unbranched alkanes of at least 4 members (excludes halogenated alkanes) is 36. The van der Waals surface area contributed by atoms with Gasteiger partial charge in [0.25, 0.3) is 0 Å². The lowest BCUT2D eigenvalue weighted by Crippen LogP contribution is -2.33. The third-order valence-corrected chi connectivity index (χ3v) is 16.3. The lowest BCUT2D eigenvalue weighted by atomic mass is 10.1. The largest absolute Gasteiger partial charge is 0.393 e. The Hall–Kier alpha value is -1.14. The predicted molar refractivity (Wildman–Crippen MR) is 297 cm³/mol. The summed E-state index contributed by atoms with van der Waals surface area (Å²) in [6, 6.07) is 0.704. The molecule has 0 heterocycles. The highest BCUT2D eigenvalue weighted by atomic mass is 16.3. The predicted octanol–water partition coefficient (Wildman–Crippen LogP) is 18.0. The highest BCUT2D eigenvalue weighted by Crippen LogP contribution is 2.55. The molecule has 0 aromatic heterocycles. The summed E-state index contributed by atoms with van der Waals surface area (Å²) < 4.78 is 0. The van der Waals surface area contributed by atoms with E-state index in [0.717, 1.165) is 76.5 Å². The molecule has 2 atom stereocenters. The van der Waals surface area contributed by atoms with Crippen LogP contribution >= 0.6 is 0 Å². The zero-order valence-corrected chi connectivity index (χ0v) is 46.7. The Balaban J connectivity index is 1.68. The van der Waals surface area contributed by atoms with E-state index in [1.165, 1.54) is 270 Å². The molecule has 2 aliphatic rings. The van der Waals surface area contributed by atoms with Gasteiger partial charge in [0.15, 0.2) is 0 Å². The van der Waals surface area contributed by atoms with Gasteiger partial charge < -0.3 is 14.9 Å². The van der Waals surface area contributed by atoms with E-state index >= 15 is 0 Å². The molecular weight excluding hydrogens is 835 g/mol. The second kappa shape index (κ2) is 45.7. The van der Waals surface area contributed by atoms with Crippen LogP contribution in [0.1, 0.15) is 323 Å². The molecule has 2 saturated carbocycles. The van der Waals surface area contributed by atoms with Crippen LogP contribution in [0.5, 0.6) is 0 Å². The van der Waals surface area contributed by atoms with Crippen LogP contribution < -0.4 is 0 Å². The monoisotopic (exact) mass is 956 g/mol. The van der Waals surface area contributed by atoms with Crippen LogP contribution in [-0.4, -0.2) is 83.0 Å². The first kappa shape index (κ1) is 63.0. The number of rotatable bonds is 53. The SMILES string of the molecule is CCCCCCCCCCN(CCCCCCCCCC)C(=O)CCCCCCCN(CCCCCCCC(=O)N(CCCCCCCCCC)CCCCCCCCCC)C1C2CC(O)CC21. The van der Waals surface area contributed by atoms with Gasteiger partial charge in [-0.15, -0.1) is 0 Å². The molecule has 0 aliphatic heterocycles. The molecule has 0 bridgehead atoms. The number of fused-ring (bicyclic) bond motifs is 1. The molecule has 2 aliphatic carbocycles. The minimum Gasteiger partial charge on any atom is -0.393 e. The number of carbonyl (C=O) groups excluding carboxylic acids is 2. The second-order valence-electron chi connectivity index (χ2n) is 22.7. The van der Waals surface area contributed by atoms with Crippen LogP contribution in [0.3, 0.4) is 0 Å². The van der Waals surface area contributed by atoms with Crippen LogP contribution in [0.2, 0.25) is 0 Å². The lowest BCUT2D eigenvalue weighted by molar-refractivity contribution is -0.132. The van der Waals surface area contributed by atoms with Crippen molar-refractivity contribution in [3.63, 3.8) is 0 Å². The number of carbonyl (C=O) groups is 2. The Morgan fingerprint density at radius 3 is 0.809 bits per heavy atom. The molecule has 2 amide bonds. The zero-order valence-electron chi connectivity index (χ0n) is 46.7. The van der Waals surface area contributed by atoms with E-state index in [4.69, 9.17) is 0 Å². The van der Waals surface area contributed by atoms with Gasteiger partial charge in [-0.05, 0) is 89.1 Å². The maximum Gasteiger partial charge on any atom is 0.222 e. The standard InChI is InChI=1S/C62H121N3O3/c1-5-9-13-17-21-25-33-41-49-63(50-42-34-26-22-18-14-10-6-2)60(67)47-39-31-29-37-45-53-65(62-58-55-57(66)56-59(58)62)54-46-38-30-32-40-48-61(68)64(51-43-35-27-23-19-15-11-7-3)52-44-36-28-24-20-16-12-8-4/h57-59,62,66H,5-56H2,1-4H3. The molecule has 0 aromatic rings. The van der Waals surface area contributed by atoms with Crippen molar-refractivity contribution in [2.45, 2.75) is 335 Å². The fraction of sp³-hybridized carbons (Fsp3) is 0.968. The van der Waals surface area contributed by atoms with E-state index in [1.807, 2.05) is 0 Å². The molecular formula is C62H121N3O3. The molecule has 2 unspecified atom stereocenters. The van der Waals surface area contributed by atoms with Gasteiger partial charge in [0.2, 0.25) is 11.8 Å². The van der Waals surface area contributed by atoms with Gasteiger partial charge in [-0.2, -0.15) is 0 Å². The van der Waals surface area contributed by atoms with Gasteiger partial charge in [0, 0.05) is 45.1 Å². The smallest absolute Gasteiger partial charge is 0.222 e. The summed E-state index contributed by atoms with van der Waals surface area (Å²) in [6.45, 7) is 15.4. The Labute approximate surface area is 425 Å². The first-order chi connectivity index (χ1) is 33.5. The Morgan fingerprint density at radius 1 is 0.324 bits per heavy atom. The molecule has 1 N–H and O–H groups in total. The van der Waals surface area contributed by atoms with Gasteiger partial charge in [-0.25, -0.2) is 0 Å². The first-order valence-electron chi connectivity index (χ1n) is 31.4. The van der Waals surface area contributed by atoms with Crippen molar-refractivity contribution in [1.29, 1.82) is 0 Å². The van der Waals surface area contributed by atoms with E-state index in [9.17, 15) is 14.7 Å². The third kappa shape index (κ3) is 33.5. The van der Waals surface area contributed by atoms with E-state index in [0.29, 0.717) is 17.9 Å². The summed E-state index contributed by atoms with van der Waals surface area (Å²) in [5.74, 6) is 2.28. The third-order valence-electron chi connectivity index (χ3n) is 16.3. The highest BCUT2D eigenvalue weighted by Gasteiger charge is 2.57. The number of nitrogens with zero attached hydrogens (tertiary/aromatic N) is 3. The number of aliphatic hydroxyl groups excluding tert-OH is 1. The summed E-state index contributed by atoms with van der Waals surface area (Å²) in [7, 11) is 0. The van der Waals surface area contributed by atoms with Crippen molar-refractivity contribution in [2.75, 3.05) is 39.3 Å². The van der Waals surface area contributed by atoms with Crippen LogP contribution in [0.25, 0.3) is 0 Å². The summed E-state index contributed by atoms with van der Waals surface area (Å²) in [5.41, 5.74) is 0. The van der Waals surface area contributed by atoms with Crippen molar-refractivity contribution in [2.24, 2.45) is 11.8 Å². The summed E-state index contributed by atoms with van der Waals surface area (Å²) in [5, 5.41) is 10.3. The summed E-state index contributed by atoms with van der Waals surface area (Å²) >= 11 is 0. The van der Waals surface area contributed by atoms with Crippen LogP contribution in [0.4, 0.5) is 0 Å². The Kier molecular flexibility index (Phi) is 42.3. The van der Waals surface area contributed by atoms with Crippen LogP contribution in [-0.2, 0) is 9.59 Å². The molecule has 402 valence electrons. The minimum atomic E-state index is -0.0679. The molecule has 0 aromatic carbocycles. The molecule has 0 saturated heterocycles. The quantitative estimate of drug-likeness (QED) is 0.0617. The molecule has 2 fully saturated rings. The number of hydrogen-bond acceptors (Lipinski definition) is 4. The average Bonchev–Trinajstić information content (AvgIpc) is 3.84. The van der Waals surface area contributed by atoms with E-state index in [1.54, 1.807) is 0 Å². The van der Waals surface area contributed by atoms with Gasteiger partial charge in [0.1, 0.15) is 0 Å². The fourth-order valence-corrected chi connectivity index (χ4v) is 11.8. The van der Waals surface area contributed by atoms with Crippen molar-refractivity contribution in [1.82, 2.24) is 14.7 Å². The van der Waals surface area contributed by atoms with Crippen LogP contribution in [0, 0.1) is 11.8 Å². The van der Waals surface area contributed by atoms with Gasteiger partial charge in [-0.1, -0.05) is 246 Å². The number of hydrogen-bond donors (Lipinski definition) is 1. The topological polar surface area (TPSA) is 64.1 Å². The molecule has 6 nitrogen and oxygen atoms in total. The van der Waals surface area contributed by atoms with Gasteiger partial charge >= 0.3 is 0 Å². The number of aliphatic hydroxyl groups is 1. The van der Waals surface area contributed by atoms with E-state index in [2.05, 4.69) is 42.4 Å². The van der Waals surface area contributed by atoms with E-state index < -0.39 is 0 Å². The first-order valence-corrected chi connectivity index (χ1v) is 31.4. The Bertz CT molecular complexity index is 995. The Morgan fingerprint density at radius 2 is 0.544 bits per heavy atom. The average molecular weight is 957 g/mol. The van der Waals surface area contributed by atoms with E-state index in [-0.39, 0.29) is 6.10 Å². The van der Waals surface area contributed by atoms with Crippen molar-refractivity contribution in [3.05, 3.63) is 0 Å². The molecule has 2 rings (SSSR count). The zero-order chi connectivity index (χ0) is 49.0. The second-order valence-corrected chi connectivity index (χ2v) is 22.7. The molecule has 0 radical (unpaired) electrons. The molecule has 6 heteroatoms. The summed E-state index contributed by atoms with van der Waals surface area (Å²) in [4.78, 5) is 34.3. The minimum absolute atomic E-state index is 0.0679. The molecule has 68 heavy (non-hydrogen) atoms.